The Morgan fingerprint density at radius 2 is 1.10 bits per heavy atom. The average molecular weight is 701 g/mol. The van der Waals surface area contributed by atoms with Gasteiger partial charge < -0.3 is 60.5 Å². The molecule has 10 N–H and O–H groups in total. The van der Waals surface area contributed by atoms with Crippen LogP contribution in [0.1, 0.15) is 56.8 Å². The molecule has 0 aromatic heterocycles. The molecular formula is C37H32O12S. The van der Waals surface area contributed by atoms with Gasteiger partial charge in [0.25, 0.3) is 0 Å². The molecule has 7 rings (SSSR count). The molecular weight excluding hydrogens is 668 g/mol. The van der Waals surface area contributed by atoms with Crippen LogP contribution in [0.15, 0.2) is 84.9 Å². The number of aliphatic hydroxyl groups excluding tert-OH is 2. The van der Waals surface area contributed by atoms with Crippen molar-refractivity contribution in [3.05, 3.63) is 118 Å². The number of fused-ring (bicyclic) bond motifs is 2. The monoisotopic (exact) mass is 700 g/mol. The van der Waals surface area contributed by atoms with Crippen LogP contribution in [0.5, 0.6) is 57.5 Å². The number of thioether (sulfide) groups is 1. The Balaban J connectivity index is 1.44. The Kier molecular flexibility index (Phi) is 8.34. The van der Waals surface area contributed by atoms with Crippen molar-refractivity contribution < 1.29 is 60.5 Å². The topological polar surface area (TPSA) is 221 Å². The molecule has 2 aliphatic rings. The lowest BCUT2D eigenvalue weighted by atomic mass is 9.77. The van der Waals surface area contributed by atoms with Crippen LogP contribution in [0, 0.1) is 0 Å². The number of ether oxygens (including phenoxy) is 2. The fourth-order valence-electron chi connectivity index (χ4n) is 6.67. The summed E-state index contributed by atoms with van der Waals surface area (Å²) in [6.07, 6.45) is -5.53. The lowest BCUT2D eigenvalue weighted by Crippen LogP contribution is -2.37. The second-order valence-corrected chi connectivity index (χ2v) is 13.3. The normalized spacial score (nSPS) is 22.5. The third kappa shape index (κ3) is 5.64. The van der Waals surface area contributed by atoms with Gasteiger partial charge in [-0.2, -0.15) is 0 Å². The molecule has 0 saturated heterocycles. The average Bonchev–Trinajstić information content (AvgIpc) is 3.08. The number of hydrogen-bond acceptors (Lipinski definition) is 13. The predicted octanol–water partition coefficient (Wildman–Crippen LogP) is 5.43. The fourth-order valence-corrected chi connectivity index (χ4v) is 7.97. The van der Waals surface area contributed by atoms with Crippen molar-refractivity contribution in [2.75, 3.05) is 0 Å². The SMILES string of the molecule is Oc1cc(O)c2c(c1)O[C@H](c1ccc(O)c(O)c1)[C@H](O)[C@H]2c1c(O)cc(O)c2c1O[C@H](c1ccc(O)c(O)c1)[C@H](O)[C@H]2SCc1ccccc1. The van der Waals surface area contributed by atoms with E-state index in [-0.39, 0.29) is 45.1 Å². The maximum absolute atomic E-state index is 12.1. The molecule has 0 radical (unpaired) electrons. The number of hydrogen-bond donors (Lipinski definition) is 10. The van der Waals surface area contributed by atoms with Crippen molar-refractivity contribution in [1.29, 1.82) is 0 Å². The highest BCUT2D eigenvalue weighted by Crippen LogP contribution is 2.60. The maximum Gasteiger partial charge on any atom is 0.157 e. The first-order chi connectivity index (χ1) is 23.9. The van der Waals surface area contributed by atoms with Crippen molar-refractivity contribution in [3.8, 4) is 57.5 Å². The minimum absolute atomic E-state index is 0.0419. The van der Waals surface area contributed by atoms with Gasteiger partial charge in [0, 0.05) is 35.1 Å². The number of benzene rings is 5. The second kappa shape index (κ2) is 12.7. The number of aliphatic hydroxyl groups is 2. The zero-order valence-corrected chi connectivity index (χ0v) is 26.8. The molecule has 0 spiro atoms. The molecule has 0 unspecified atom stereocenters. The minimum atomic E-state index is -1.64. The lowest BCUT2D eigenvalue weighted by molar-refractivity contribution is 0.000589. The van der Waals surface area contributed by atoms with Crippen molar-refractivity contribution in [2.24, 2.45) is 0 Å². The first kappa shape index (κ1) is 32.9. The number of phenolic OH excluding ortho intramolecular Hbond substituents is 8. The highest BCUT2D eigenvalue weighted by Gasteiger charge is 2.48. The summed E-state index contributed by atoms with van der Waals surface area (Å²) >= 11 is 1.27. The lowest BCUT2D eigenvalue weighted by Gasteiger charge is -2.42. The summed E-state index contributed by atoms with van der Waals surface area (Å²) in [6.45, 7) is 0. The van der Waals surface area contributed by atoms with E-state index in [4.69, 9.17) is 9.47 Å². The van der Waals surface area contributed by atoms with Gasteiger partial charge in [-0.05, 0) is 41.0 Å². The van der Waals surface area contributed by atoms with Crippen LogP contribution in [0.3, 0.4) is 0 Å². The van der Waals surface area contributed by atoms with Crippen LogP contribution in [0.2, 0.25) is 0 Å². The van der Waals surface area contributed by atoms with Crippen LogP contribution in [0.4, 0.5) is 0 Å². The van der Waals surface area contributed by atoms with Crippen molar-refractivity contribution in [1.82, 2.24) is 0 Å². The zero-order valence-electron chi connectivity index (χ0n) is 26.0. The number of aromatic hydroxyl groups is 8. The fraction of sp³-hybridized carbons (Fsp3) is 0.189. The Labute approximate surface area is 288 Å². The molecule has 5 aromatic rings. The van der Waals surface area contributed by atoms with E-state index in [2.05, 4.69) is 0 Å². The first-order valence-electron chi connectivity index (χ1n) is 15.5. The molecule has 0 aliphatic carbocycles. The number of phenols is 8. The van der Waals surface area contributed by atoms with E-state index < -0.39 is 75.8 Å². The smallest absolute Gasteiger partial charge is 0.157 e. The summed E-state index contributed by atoms with van der Waals surface area (Å²) in [6, 6.07) is 20.3. The summed E-state index contributed by atoms with van der Waals surface area (Å²) in [7, 11) is 0. The van der Waals surface area contributed by atoms with E-state index in [1.54, 1.807) is 0 Å². The Hall–Kier alpha value is -5.63. The van der Waals surface area contributed by atoms with E-state index in [1.807, 2.05) is 30.3 Å². The van der Waals surface area contributed by atoms with Crippen LogP contribution in [-0.4, -0.2) is 63.3 Å². The third-order valence-electron chi connectivity index (χ3n) is 9.03. The molecule has 13 heteroatoms. The van der Waals surface area contributed by atoms with Crippen LogP contribution < -0.4 is 9.47 Å². The summed E-state index contributed by atoms with van der Waals surface area (Å²) in [5, 5.41) is 108. The minimum Gasteiger partial charge on any atom is -0.508 e. The van der Waals surface area contributed by atoms with E-state index in [0.29, 0.717) is 5.75 Å². The summed E-state index contributed by atoms with van der Waals surface area (Å²) in [4.78, 5) is 0. The first-order valence-corrected chi connectivity index (χ1v) is 16.5. The molecule has 0 saturated carbocycles. The summed E-state index contributed by atoms with van der Waals surface area (Å²) in [5.74, 6) is -4.86. The van der Waals surface area contributed by atoms with Gasteiger partial charge in [0.1, 0.15) is 46.7 Å². The van der Waals surface area contributed by atoms with Crippen molar-refractivity contribution in [3.63, 3.8) is 0 Å². The van der Waals surface area contributed by atoms with Gasteiger partial charge in [0.15, 0.2) is 35.2 Å². The van der Waals surface area contributed by atoms with Gasteiger partial charge in [0.2, 0.25) is 0 Å². The molecule has 12 nitrogen and oxygen atoms in total. The highest BCUT2D eigenvalue weighted by atomic mass is 32.2. The molecule has 258 valence electrons. The quantitative estimate of drug-likeness (QED) is 0.100. The summed E-state index contributed by atoms with van der Waals surface area (Å²) < 4.78 is 12.5. The largest absolute Gasteiger partial charge is 0.508 e. The van der Waals surface area contributed by atoms with Gasteiger partial charge in [0.05, 0.1) is 16.7 Å². The van der Waals surface area contributed by atoms with Crippen LogP contribution in [-0.2, 0) is 5.75 Å². The van der Waals surface area contributed by atoms with Crippen molar-refractivity contribution >= 4 is 11.8 Å². The zero-order chi connectivity index (χ0) is 35.4. The molecule has 2 aliphatic heterocycles. The van der Waals surface area contributed by atoms with Gasteiger partial charge in [-0.3, -0.25) is 0 Å². The maximum atomic E-state index is 12.1. The molecule has 0 bridgehead atoms. The Bertz CT molecular complexity index is 2090. The van der Waals surface area contributed by atoms with Gasteiger partial charge >= 0.3 is 0 Å². The van der Waals surface area contributed by atoms with Gasteiger partial charge in [-0.25, -0.2) is 0 Å². The van der Waals surface area contributed by atoms with E-state index in [1.165, 1.54) is 54.2 Å². The van der Waals surface area contributed by atoms with Gasteiger partial charge in [-0.15, -0.1) is 11.8 Å². The third-order valence-corrected chi connectivity index (χ3v) is 10.4. The molecule has 0 fully saturated rings. The van der Waals surface area contributed by atoms with Gasteiger partial charge in [-0.1, -0.05) is 42.5 Å². The highest BCUT2D eigenvalue weighted by molar-refractivity contribution is 7.98. The summed E-state index contributed by atoms with van der Waals surface area (Å²) in [5.41, 5.74) is 1.30. The molecule has 50 heavy (non-hydrogen) atoms. The van der Waals surface area contributed by atoms with E-state index >= 15 is 0 Å². The standard InChI is InChI=1S/C37H32O12S/c38-19-12-24(43)28-27(13-19)48-34(17-6-8-20(39)22(41)10-17)32(46)31(28)29-25(44)14-26(45)30-36(29)49-35(18-7-9-21(40)23(42)11-18)33(47)37(30)50-15-16-4-2-1-3-5-16/h1-14,31-35,37-47H,15H2/t31-,32-,33+,34-,35-,37+/m1/s1. The van der Waals surface area contributed by atoms with Crippen molar-refractivity contribution in [2.45, 2.75) is 41.3 Å². The van der Waals surface area contributed by atoms with Crippen LogP contribution in [0.25, 0.3) is 0 Å². The van der Waals surface area contributed by atoms with E-state index in [9.17, 15) is 51.1 Å². The Morgan fingerprint density at radius 3 is 1.72 bits per heavy atom. The predicted molar refractivity (Wildman–Crippen MR) is 180 cm³/mol. The molecule has 2 heterocycles. The number of rotatable bonds is 6. The molecule has 5 aromatic carbocycles. The van der Waals surface area contributed by atoms with Crippen LogP contribution >= 0.6 is 11.8 Å². The van der Waals surface area contributed by atoms with E-state index in [0.717, 1.165) is 17.7 Å². The molecule has 6 atom stereocenters. The Morgan fingerprint density at radius 1 is 0.520 bits per heavy atom. The molecule has 0 amide bonds. The second-order valence-electron chi connectivity index (χ2n) is 12.2.